The van der Waals surface area contributed by atoms with Crippen LogP contribution in [0.1, 0.15) is 28.7 Å². The Bertz CT molecular complexity index is 1310. The number of nitrogens with zero attached hydrogens (tertiary/aromatic N) is 3. The summed E-state index contributed by atoms with van der Waals surface area (Å²) in [4.78, 5) is 28.6. The monoisotopic (exact) mass is 464 g/mol. The molecular formula is C24H21ClN4O2S. The van der Waals surface area contributed by atoms with Crippen molar-refractivity contribution in [2.75, 3.05) is 11.1 Å². The van der Waals surface area contributed by atoms with Crippen LogP contribution in [0.2, 0.25) is 5.02 Å². The summed E-state index contributed by atoms with van der Waals surface area (Å²) >= 11 is 7.43. The molecular weight excluding hydrogens is 444 g/mol. The summed E-state index contributed by atoms with van der Waals surface area (Å²) in [6, 6.07) is 16.4. The molecule has 0 fully saturated rings. The highest BCUT2D eigenvalue weighted by Crippen LogP contribution is 2.31. The number of ketones is 1. The molecule has 4 aromatic rings. The number of benzene rings is 2. The second-order valence-corrected chi connectivity index (χ2v) is 8.84. The Morgan fingerprint density at radius 2 is 1.75 bits per heavy atom. The summed E-state index contributed by atoms with van der Waals surface area (Å²) in [5.74, 6) is 0.0559. The molecule has 8 heteroatoms. The first-order valence-corrected chi connectivity index (χ1v) is 11.3. The summed E-state index contributed by atoms with van der Waals surface area (Å²) in [5.41, 5.74) is 5.63. The van der Waals surface area contributed by atoms with Crippen LogP contribution in [0.5, 0.6) is 0 Å². The molecule has 0 bridgehead atoms. The zero-order valence-corrected chi connectivity index (χ0v) is 19.4. The number of nitrogens with one attached hydrogen (secondary N) is 1. The lowest BCUT2D eigenvalue weighted by molar-refractivity contribution is -0.113. The van der Waals surface area contributed by atoms with E-state index in [1.54, 1.807) is 28.8 Å². The van der Waals surface area contributed by atoms with Gasteiger partial charge in [0.15, 0.2) is 11.4 Å². The van der Waals surface area contributed by atoms with Crippen molar-refractivity contribution in [1.29, 1.82) is 0 Å². The fraction of sp³-hybridized carbons (Fsp3) is 0.167. The first kappa shape index (κ1) is 22.0. The third-order valence-electron chi connectivity index (χ3n) is 4.92. The standard InChI is InChI=1S/C24H21ClN4O2S/c1-14-12-22(32-13-21(31)27-20-10-6-17(7-11-20)16(3)30)29-24(26-14)23(15(2)28-29)18-4-8-19(25)9-5-18/h4-12H,13H2,1-3H3,(H,27,31). The van der Waals surface area contributed by atoms with E-state index < -0.39 is 0 Å². The molecule has 0 saturated carbocycles. The van der Waals surface area contributed by atoms with Gasteiger partial charge in [0.05, 0.1) is 11.4 Å². The summed E-state index contributed by atoms with van der Waals surface area (Å²) in [5, 5.41) is 9.04. The molecule has 32 heavy (non-hydrogen) atoms. The normalized spacial score (nSPS) is 11.0. The molecule has 6 nitrogen and oxygen atoms in total. The Hall–Kier alpha value is -3.16. The molecule has 0 saturated heterocycles. The van der Waals surface area contributed by atoms with Crippen LogP contribution < -0.4 is 5.32 Å². The Kier molecular flexibility index (Phi) is 6.30. The largest absolute Gasteiger partial charge is 0.325 e. The van der Waals surface area contributed by atoms with E-state index >= 15 is 0 Å². The van der Waals surface area contributed by atoms with Crippen molar-refractivity contribution in [3.8, 4) is 11.1 Å². The summed E-state index contributed by atoms with van der Waals surface area (Å²) < 4.78 is 1.78. The van der Waals surface area contributed by atoms with Crippen molar-refractivity contribution >= 4 is 46.4 Å². The van der Waals surface area contributed by atoms with Crippen molar-refractivity contribution in [3.63, 3.8) is 0 Å². The van der Waals surface area contributed by atoms with Crippen LogP contribution in [0.3, 0.4) is 0 Å². The fourth-order valence-electron chi connectivity index (χ4n) is 3.39. The molecule has 0 unspecified atom stereocenters. The van der Waals surface area contributed by atoms with Crippen molar-refractivity contribution in [3.05, 3.63) is 76.6 Å². The van der Waals surface area contributed by atoms with Crippen LogP contribution in [0, 0.1) is 13.8 Å². The van der Waals surface area contributed by atoms with Gasteiger partial charge in [0.1, 0.15) is 5.03 Å². The maximum atomic E-state index is 12.5. The molecule has 0 radical (unpaired) electrons. The molecule has 4 rings (SSSR count). The van der Waals surface area contributed by atoms with E-state index in [1.165, 1.54) is 18.7 Å². The fourth-order valence-corrected chi connectivity index (χ4v) is 4.37. The number of hydrogen-bond donors (Lipinski definition) is 1. The van der Waals surface area contributed by atoms with Crippen LogP contribution in [-0.4, -0.2) is 32.0 Å². The topological polar surface area (TPSA) is 76.4 Å². The molecule has 0 aliphatic heterocycles. The number of aromatic nitrogens is 3. The van der Waals surface area contributed by atoms with Crippen molar-refractivity contribution in [2.24, 2.45) is 0 Å². The van der Waals surface area contributed by atoms with E-state index in [4.69, 9.17) is 16.6 Å². The third-order valence-corrected chi connectivity index (χ3v) is 6.16. The predicted octanol–water partition coefficient (Wildman–Crippen LogP) is 5.60. The minimum Gasteiger partial charge on any atom is -0.325 e. The molecule has 1 amide bonds. The molecule has 0 aliphatic rings. The molecule has 0 atom stereocenters. The number of aryl methyl sites for hydroxylation is 2. The summed E-state index contributed by atoms with van der Waals surface area (Å²) in [6.45, 7) is 5.38. The first-order valence-electron chi connectivity index (χ1n) is 9.98. The number of hydrogen-bond acceptors (Lipinski definition) is 5. The van der Waals surface area contributed by atoms with Gasteiger partial charge in [-0.2, -0.15) is 5.10 Å². The first-order chi connectivity index (χ1) is 15.3. The number of amides is 1. The van der Waals surface area contributed by atoms with Gasteiger partial charge in [-0.15, -0.1) is 0 Å². The highest BCUT2D eigenvalue weighted by molar-refractivity contribution is 7.99. The predicted molar refractivity (Wildman–Crippen MR) is 129 cm³/mol. The molecule has 0 aliphatic carbocycles. The number of thioether (sulfide) groups is 1. The van der Waals surface area contributed by atoms with Gasteiger partial charge in [-0.05, 0) is 68.8 Å². The van der Waals surface area contributed by atoms with E-state index in [0.29, 0.717) is 16.3 Å². The lowest BCUT2D eigenvalue weighted by Crippen LogP contribution is -2.14. The van der Waals surface area contributed by atoms with Gasteiger partial charge in [0.2, 0.25) is 5.91 Å². The van der Waals surface area contributed by atoms with Gasteiger partial charge in [-0.3, -0.25) is 9.59 Å². The third kappa shape index (κ3) is 4.69. The Labute approximate surface area is 195 Å². The Balaban J connectivity index is 1.55. The lowest BCUT2D eigenvalue weighted by atomic mass is 10.1. The van der Waals surface area contributed by atoms with Crippen LogP contribution in [0.15, 0.2) is 59.6 Å². The highest BCUT2D eigenvalue weighted by Gasteiger charge is 2.17. The van der Waals surface area contributed by atoms with E-state index in [9.17, 15) is 9.59 Å². The molecule has 1 N–H and O–H groups in total. The molecule has 162 valence electrons. The summed E-state index contributed by atoms with van der Waals surface area (Å²) in [7, 11) is 0. The minimum absolute atomic E-state index is 0.0111. The van der Waals surface area contributed by atoms with Gasteiger partial charge in [-0.25, -0.2) is 9.50 Å². The van der Waals surface area contributed by atoms with E-state index in [-0.39, 0.29) is 17.4 Å². The number of anilines is 1. The highest BCUT2D eigenvalue weighted by atomic mass is 35.5. The quantitative estimate of drug-likeness (QED) is 0.228. The number of Topliss-reactive ketones (excluding diaryl/α,β-unsaturated/α-hetero) is 1. The number of halogens is 1. The van der Waals surface area contributed by atoms with E-state index in [2.05, 4.69) is 10.4 Å². The minimum atomic E-state index is -0.144. The lowest BCUT2D eigenvalue weighted by Gasteiger charge is -2.08. The second kappa shape index (κ2) is 9.14. The van der Waals surface area contributed by atoms with Gasteiger partial charge >= 0.3 is 0 Å². The maximum absolute atomic E-state index is 12.5. The maximum Gasteiger partial charge on any atom is 0.234 e. The molecule has 2 aromatic heterocycles. The van der Waals surface area contributed by atoms with Gasteiger partial charge in [0, 0.05) is 27.5 Å². The molecule has 2 heterocycles. The zero-order chi connectivity index (χ0) is 22.8. The van der Waals surface area contributed by atoms with Gasteiger partial charge in [0.25, 0.3) is 0 Å². The van der Waals surface area contributed by atoms with E-state index in [1.807, 2.05) is 44.2 Å². The zero-order valence-electron chi connectivity index (χ0n) is 17.8. The van der Waals surface area contributed by atoms with Crippen LogP contribution in [-0.2, 0) is 4.79 Å². The van der Waals surface area contributed by atoms with E-state index in [0.717, 1.165) is 33.2 Å². The smallest absolute Gasteiger partial charge is 0.234 e. The van der Waals surface area contributed by atoms with Crippen LogP contribution >= 0.6 is 23.4 Å². The van der Waals surface area contributed by atoms with Crippen molar-refractivity contribution < 1.29 is 9.59 Å². The number of carbonyl (C=O) groups excluding carboxylic acids is 2. The van der Waals surface area contributed by atoms with Crippen molar-refractivity contribution in [1.82, 2.24) is 14.6 Å². The number of fused-ring (bicyclic) bond motifs is 1. The number of rotatable bonds is 6. The average molecular weight is 465 g/mol. The van der Waals surface area contributed by atoms with Crippen LogP contribution in [0.4, 0.5) is 5.69 Å². The van der Waals surface area contributed by atoms with Crippen molar-refractivity contribution in [2.45, 2.75) is 25.8 Å². The SMILES string of the molecule is CC(=O)c1ccc(NC(=O)CSc2cc(C)nc3c(-c4ccc(Cl)cc4)c(C)nn23)cc1. The Morgan fingerprint density at radius 3 is 2.41 bits per heavy atom. The second-order valence-electron chi connectivity index (χ2n) is 7.41. The Morgan fingerprint density at radius 1 is 1.06 bits per heavy atom. The average Bonchev–Trinajstić information content (AvgIpc) is 3.08. The van der Waals surface area contributed by atoms with Gasteiger partial charge in [-0.1, -0.05) is 35.5 Å². The summed E-state index contributed by atoms with van der Waals surface area (Å²) in [6.07, 6.45) is 0. The van der Waals surface area contributed by atoms with Gasteiger partial charge < -0.3 is 5.32 Å². The molecule has 0 spiro atoms. The number of carbonyl (C=O) groups is 2. The molecule has 2 aromatic carbocycles. The van der Waals surface area contributed by atoms with Crippen LogP contribution in [0.25, 0.3) is 16.8 Å².